The zero-order valence-corrected chi connectivity index (χ0v) is 18.4. The second-order valence-electron chi connectivity index (χ2n) is 6.39. The fraction of sp³-hybridized carbons (Fsp3) is 0.471. The number of aromatic nitrogens is 2. The van der Waals surface area contributed by atoms with Crippen molar-refractivity contribution in [3.8, 4) is 0 Å². The summed E-state index contributed by atoms with van der Waals surface area (Å²) in [6.45, 7) is 0. The highest BCUT2D eigenvalue weighted by Gasteiger charge is 2.29. The van der Waals surface area contributed by atoms with Gasteiger partial charge in [0.1, 0.15) is 11.8 Å². The first-order valence-electron chi connectivity index (χ1n) is 8.67. The summed E-state index contributed by atoms with van der Waals surface area (Å²) in [6.07, 6.45) is 4.57. The summed E-state index contributed by atoms with van der Waals surface area (Å²) in [4.78, 5) is 20.5. The first-order chi connectivity index (χ1) is 13.7. The van der Waals surface area contributed by atoms with E-state index in [1.54, 1.807) is 36.3 Å². The summed E-state index contributed by atoms with van der Waals surface area (Å²) in [5.74, 6) is 0.0961. The number of nitrogens with one attached hydrogen (secondary N) is 2. The van der Waals surface area contributed by atoms with Gasteiger partial charge in [-0.05, 0) is 42.5 Å². The number of hydrogen-bond acceptors (Lipinski definition) is 9. The summed E-state index contributed by atoms with van der Waals surface area (Å²) in [6, 6.07) is 2.75. The fourth-order valence-corrected chi connectivity index (χ4v) is 4.55. The molecular formula is C17H26N4O5S3. The minimum Gasteiger partial charge on any atom is -0.390 e. The lowest BCUT2D eigenvalue weighted by atomic mass is 9.97. The molecule has 1 amide bonds. The Balaban J connectivity index is 0.00000450. The van der Waals surface area contributed by atoms with Crippen LogP contribution in [0.3, 0.4) is 0 Å². The van der Waals surface area contributed by atoms with Gasteiger partial charge in [0.05, 0.1) is 18.4 Å². The molecule has 0 radical (unpaired) electrons. The number of pyridine rings is 1. The van der Waals surface area contributed by atoms with E-state index in [1.807, 2.05) is 6.26 Å². The Kier molecular flexibility index (Phi) is 8.83. The highest BCUT2D eigenvalue weighted by Crippen LogP contribution is 2.18. The maximum absolute atomic E-state index is 12.6. The van der Waals surface area contributed by atoms with Crippen LogP contribution in [0.2, 0.25) is 0 Å². The molecule has 9 nitrogen and oxygen atoms in total. The van der Waals surface area contributed by atoms with E-state index in [9.17, 15) is 23.4 Å². The van der Waals surface area contributed by atoms with Crippen LogP contribution in [0.4, 0.5) is 5.13 Å². The molecule has 0 fully saturated rings. The number of aliphatic hydroxyl groups is 2. The average Bonchev–Trinajstić information content (AvgIpc) is 3.12. The molecule has 0 aliphatic rings. The molecule has 0 aliphatic carbocycles. The predicted octanol–water partition coefficient (Wildman–Crippen LogP) is 0.972. The topological polar surface area (TPSA) is 142 Å². The Morgan fingerprint density at radius 2 is 2.03 bits per heavy atom. The molecule has 2 heterocycles. The van der Waals surface area contributed by atoms with E-state index in [0.717, 1.165) is 23.2 Å². The van der Waals surface area contributed by atoms with Crippen LogP contribution in [0.5, 0.6) is 0 Å². The summed E-state index contributed by atoms with van der Waals surface area (Å²) >= 11 is 2.53. The summed E-state index contributed by atoms with van der Waals surface area (Å²) in [5.41, 5.74) is 0.853. The Morgan fingerprint density at radius 3 is 2.66 bits per heavy atom. The molecule has 0 bridgehead atoms. The number of aliphatic hydroxyl groups excluding tert-OH is 2. The standard InChI is InChI=1S/C17H24N4O5S3.H2/c1-27-8-5-14(22)15(23)12(9-11-3-6-18-7-4-11)19-16(24)13-10-28-17(20-13)21-29(2,25)26;/h3-4,6-7,10,12,14-15,22-23H,5,8-9H2,1-2H3,(H,19,24)(H,20,21);1H. The van der Waals surface area contributed by atoms with Gasteiger partial charge in [-0.3, -0.25) is 14.5 Å². The minimum absolute atomic E-state index is 0. The van der Waals surface area contributed by atoms with Crippen LogP contribution in [0.1, 0.15) is 23.9 Å². The summed E-state index contributed by atoms with van der Waals surface area (Å²) in [5, 5.41) is 25.1. The molecule has 2 aromatic rings. The third-order valence-corrected chi connectivity index (χ3v) is 6.05. The lowest BCUT2D eigenvalue weighted by molar-refractivity contribution is -0.00409. The average molecular weight is 463 g/mol. The van der Waals surface area contributed by atoms with Crippen molar-refractivity contribution in [3.05, 3.63) is 41.2 Å². The zero-order chi connectivity index (χ0) is 21.4. The number of thioether (sulfide) groups is 1. The molecule has 162 valence electrons. The highest BCUT2D eigenvalue weighted by molar-refractivity contribution is 7.98. The SMILES string of the molecule is CSCCC(O)C(O)C(Cc1ccncc1)NC(=O)c1csc(NS(C)(=O)=O)n1.[HH]. The van der Waals surface area contributed by atoms with Crippen LogP contribution in [0, 0.1) is 0 Å². The van der Waals surface area contributed by atoms with Crippen molar-refractivity contribution in [2.75, 3.05) is 23.0 Å². The molecular weight excluding hydrogens is 436 g/mol. The number of carbonyl (C=O) groups excluding carboxylic acids is 1. The number of rotatable bonds is 11. The Morgan fingerprint density at radius 1 is 1.34 bits per heavy atom. The number of amides is 1. The Bertz CT molecular complexity index is 898. The molecule has 2 rings (SSSR count). The third kappa shape index (κ3) is 7.90. The van der Waals surface area contributed by atoms with Gasteiger partial charge < -0.3 is 15.5 Å². The molecule has 0 aliphatic heterocycles. The minimum atomic E-state index is -3.50. The maximum atomic E-state index is 12.6. The van der Waals surface area contributed by atoms with Crippen molar-refractivity contribution in [1.29, 1.82) is 0 Å². The molecule has 3 atom stereocenters. The van der Waals surface area contributed by atoms with Gasteiger partial charge in [0.2, 0.25) is 10.0 Å². The van der Waals surface area contributed by atoms with Crippen molar-refractivity contribution in [2.24, 2.45) is 0 Å². The maximum Gasteiger partial charge on any atom is 0.271 e. The Labute approximate surface area is 179 Å². The number of thiazole rings is 1. The van der Waals surface area contributed by atoms with Gasteiger partial charge in [0, 0.05) is 19.2 Å². The summed E-state index contributed by atoms with van der Waals surface area (Å²) in [7, 11) is -3.50. The molecule has 0 aromatic carbocycles. The molecule has 3 unspecified atom stereocenters. The molecule has 12 heteroatoms. The van der Waals surface area contributed by atoms with Crippen molar-refractivity contribution in [2.45, 2.75) is 31.1 Å². The summed E-state index contributed by atoms with van der Waals surface area (Å²) < 4.78 is 24.8. The van der Waals surface area contributed by atoms with Crippen molar-refractivity contribution in [1.82, 2.24) is 15.3 Å². The quantitative estimate of drug-likeness (QED) is 0.387. The van der Waals surface area contributed by atoms with Crippen molar-refractivity contribution >= 4 is 44.2 Å². The van der Waals surface area contributed by atoms with Gasteiger partial charge in [-0.25, -0.2) is 13.4 Å². The molecule has 2 aromatic heterocycles. The van der Waals surface area contributed by atoms with Crippen LogP contribution < -0.4 is 10.0 Å². The Hall–Kier alpha value is -1.73. The normalized spacial score (nSPS) is 14.8. The second kappa shape index (κ2) is 10.9. The number of anilines is 1. The third-order valence-electron chi connectivity index (χ3n) is 3.96. The van der Waals surface area contributed by atoms with E-state index in [2.05, 4.69) is 20.0 Å². The molecule has 0 saturated heterocycles. The van der Waals surface area contributed by atoms with Gasteiger partial charge in [-0.2, -0.15) is 11.8 Å². The number of hydrogen-bond donors (Lipinski definition) is 4. The van der Waals surface area contributed by atoms with E-state index in [0.29, 0.717) is 12.2 Å². The van der Waals surface area contributed by atoms with E-state index < -0.39 is 34.2 Å². The van der Waals surface area contributed by atoms with Crippen molar-refractivity contribution in [3.63, 3.8) is 0 Å². The van der Waals surface area contributed by atoms with Crippen molar-refractivity contribution < 1.29 is 24.9 Å². The van der Waals surface area contributed by atoms with Gasteiger partial charge in [-0.1, -0.05) is 0 Å². The molecule has 0 spiro atoms. The van der Waals surface area contributed by atoms with E-state index >= 15 is 0 Å². The fourth-order valence-electron chi connectivity index (χ4n) is 2.53. The van der Waals surface area contributed by atoms with E-state index in [-0.39, 0.29) is 18.7 Å². The smallest absolute Gasteiger partial charge is 0.271 e. The monoisotopic (exact) mass is 462 g/mol. The lowest BCUT2D eigenvalue weighted by Gasteiger charge is -2.27. The van der Waals surface area contributed by atoms with E-state index in [4.69, 9.17) is 0 Å². The second-order valence-corrected chi connectivity index (χ2v) is 9.98. The van der Waals surface area contributed by atoms with Crippen LogP contribution in [-0.4, -0.2) is 71.0 Å². The highest BCUT2D eigenvalue weighted by atomic mass is 32.2. The van der Waals surface area contributed by atoms with Crippen LogP contribution in [-0.2, 0) is 16.4 Å². The largest absolute Gasteiger partial charge is 0.390 e. The lowest BCUT2D eigenvalue weighted by Crippen LogP contribution is -2.50. The molecule has 29 heavy (non-hydrogen) atoms. The first-order valence-corrected chi connectivity index (χ1v) is 12.8. The van der Waals surface area contributed by atoms with E-state index in [1.165, 1.54) is 5.38 Å². The molecule has 4 N–H and O–H groups in total. The van der Waals surface area contributed by atoms with Gasteiger partial charge >= 0.3 is 0 Å². The molecule has 0 saturated carbocycles. The van der Waals surface area contributed by atoms with Gasteiger partial charge in [0.15, 0.2) is 5.13 Å². The van der Waals surface area contributed by atoms with Crippen LogP contribution in [0.25, 0.3) is 0 Å². The van der Waals surface area contributed by atoms with Crippen LogP contribution >= 0.6 is 23.1 Å². The number of nitrogens with zero attached hydrogens (tertiary/aromatic N) is 2. The zero-order valence-electron chi connectivity index (χ0n) is 16.0. The predicted molar refractivity (Wildman–Crippen MR) is 117 cm³/mol. The van der Waals surface area contributed by atoms with Gasteiger partial charge in [0.25, 0.3) is 5.91 Å². The first kappa shape index (κ1) is 23.5. The number of carbonyl (C=O) groups is 1. The van der Waals surface area contributed by atoms with Crippen LogP contribution in [0.15, 0.2) is 29.9 Å². The number of sulfonamides is 1. The van der Waals surface area contributed by atoms with Gasteiger partial charge in [-0.15, -0.1) is 11.3 Å².